The molecule has 10 nitrogen and oxygen atoms in total. The monoisotopic (exact) mass is 707 g/mol. The van der Waals surface area contributed by atoms with Crippen LogP contribution in [0.1, 0.15) is 31.4 Å². The zero-order chi connectivity index (χ0) is 35.6. The van der Waals surface area contributed by atoms with Gasteiger partial charge in [-0.1, -0.05) is 61.0 Å². The van der Waals surface area contributed by atoms with Gasteiger partial charge in [-0.2, -0.15) is 0 Å². The highest BCUT2D eigenvalue weighted by atomic mass is 35.5. The molecule has 49 heavy (non-hydrogen) atoms. The summed E-state index contributed by atoms with van der Waals surface area (Å²) < 4.78 is 45.9. The molecular weight excluding hydrogens is 666 g/mol. The number of benzene rings is 4. The van der Waals surface area contributed by atoms with Crippen LogP contribution in [0.5, 0.6) is 17.2 Å². The molecule has 0 radical (unpaired) electrons. The van der Waals surface area contributed by atoms with Crippen molar-refractivity contribution in [3.05, 3.63) is 113 Å². The first-order valence-electron chi connectivity index (χ1n) is 15.8. The Hall–Kier alpha value is -4.74. The summed E-state index contributed by atoms with van der Waals surface area (Å²) in [5, 5.41) is 3.43. The fourth-order valence-electron chi connectivity index (χ4n) is 5.20. The molecule has 4 aromatic carbocycles. The maximum atomic E-state index is 14.7. The molecular formula is C37H42ClN3O7S. The average molecular weight is 708 g/mol. The van der Waals surface area contributed by atoms with E-state index in [0.29, 0.717) is 28.5 Å². The highest BCUT2D eigenvalue weighted by Gasteiger charge is 2.35. The topological polar surface area (TPSA) is 114 Å². The van der Waals surface area contributed by atoms with E-state index in [9.17, 15) is 18.0 Å². The maximum absolute atomic E-state index is 14.7. The van der Waals surface area contributed by atoms with E-state index >= 15 is 0 Å². The average Bonchev–Trinajstić information content (AvgIpc) is 3.12. The molecule has 0 spiro atoms. The van der Waals surface area contributed by atoms with Gasteiger partial charge in [0.15, 0.2) is 11.5 Å². The lowest BCUT2D eigenvalue weighted by Crippen LogP contribution is -2.54. The van der Waals surface area contributed by atoms with Crippen molar-refractivity contribution >= 4 is 39.1 Å². The number of methoxy groups -OCH3 is 3. The Kier molecular flexibility index (Phi) is 12.9. The van der Waals surface area contributed by atoms with E-state index in [1.54, 1.807) is 37.4 Å². The summed E-state index contributed by atoms with van der Waals surface area (Å²) in [6.07, 6.45) is 0.879. The van der Waals surface area contributed by atoms with Gasteiger partial charge in [0.2, 0.25) is 11.8 Å². The van der Waals surface area contributed by atoms with Gasteiger partial charge in [-0.25, -0.2) is 8.42 Å². The number of anilines is 1. The third-order valence-electron chi connectivity index (χ3n) is 8.10. The molecule has 0 heterocycles. The Morgan fingerprint density at radius 2 is 1.49 bits per heavy atom. The van der Waals surface area contributed by atoms with Gasteiger partial charge >= 0.3 is 0 Å². The number of nitrogens with zero attached hydrogens (tertiary/aromatic N) is 2. The number of hydrogen-bond acceptors (Lipinski definition) is 7. The number of amides is 2. The third-order valence-corrected chi connectivity index (χ3v) is 10.1. The number of nitrogens with one attached hydrogen (secondary N) is 1. The molecule has 0 unspecified atom stereocenters. The van der Waals surface area contributed by atoms with Gasteiger partial charge in [0.1, 0.15) is 18.3 Å². The lowest BCUT2D eigenvalue weighted by atomic mass is 10.0. The van der Waals surface area contributed by atoms with Gasteiger partial charge in [-0.15, -0.1) is 0 Å². The number of carbonyl (C=O) groups excluding carboxylic acids is 2. The van der Waals surface area contributed by atoms with Crippen molar-refractivity contribution in [3.8, 4) is 17.2 Å². The molecule has 0 fully saturated rings. The van der Waals surface area contributed by atoms with Crippen molar-refractivity contribution in [3.63, 3.8) is 0 Å². The minimum atomic E-state index is -4.38. The normalized spacial score (nSPS) is 12.4. The van der Waals surface area contributed by atoms with Crippen LogP contribution in [0.2, 0.25) is 5.02 Å². The molecule has 0 saturated heterocycles. The lowest BCUT2D eigenvalue weighted by molar-refractivity contribution is -0.140. The van der Waals surface area contributed by atoms with Crippen molar-refractivity contribution < 1.29 is 32.2 Å². The predicted molar refractivity (Wildman–Crippen MR) is 191 cm³/mol. The number of sulfonamides is 1. The van der Waals surface area contributed by atoms with E-state index in [0.717, 1.165) is 9.87 Å². The molecule has 1 N–H and O–H groups in total. The Balaban J connectivity index is 1.84. The van der Waals surface area contributed by atoms with Crippen LogP contribution in [0.15, 0.2) is 102 Å². The number of hydrogen-bond donors (Lipinski definition) is 1. The number of ether oxygens (including phenoxy) is 3. The minimum Gasteiger partial charge on any atom is -0.497 e. The Morgan fingerprint density at radius 3 is 2.12 bits per heavy atom. The highest BCUT2D eigenvalue weighted by molar-refractivity contribution is 7.92. The molecule has 0 saturated carbocycles. The van der Waals surface area contributed by atoms with Gasteiger partial charge in [0.25, 0.3) is 10.0 Å². The van der Waals surface area contributed by atoms with Gasteiger partial charge in [0, 0.05) is 30.1 Å². The zero-order valence-corrected chi connectivity index (χ0v) is 29.8. The summed E-state index contributed by atoms with van der Waals surface area (Å²) in [6, 6.07) is 25.8. The summed E-state index contributed by atoms with van der Waals surface area (Å²) in [4.78, 5) is 30.0. The van der Waals surface area contributed by atoms with Crippen molar-refractivity contribution in [2.24, 2.45) is 0 Å². The van der Waals surface area contributed by atoms with Gasteiger partial charge < -0.3 is 24.4 Å². The first kappa shape index (κ1) is 37.1. The van der Waals surface area contributed by atoms with E-state index in [1.807, 2.05) is 50.2 Å². The van der Waals surface area contributed by atoms with Crippen LogP contribution in [0, 0.1) is 0 Å². The van der Waals surface area contributed by atoms with Crippen LogP contribution < -0.4 is 23.8 Å². The molecule has 12 heteroatoms. The molecule has 4 rings (SSSR count). The quantitative estimate of drug-likeness (QED) is 0.149. The predicted octanol–water partition coefficient (Wildman–Crippen LogP) is 6.12. The van der Waals surface area contributed by atoms with Crippen molar-refractivity contribution in [1.82, 2.24) is 10.2 Å². The Bertz CT molecular complexity index is 1820. The Morgan fingerprint density at radius 1 is 0.816 bits per heavy atom. The van der Waals surface area contributed by atoms with E-state index in [1.165, 1.54) is 49.5 Å². The molecule has 4 aromatic rings. The van der Waals surface area contributed by atoms with E-state index in [2.05, 4.69) is 5.32 Å². The first-order valence-corrected chi connectivity index (χ1v) is 17.6. The second-order valence-electron chi connectivity index (χ2n) is 11.4. The summed E-state index contributed by atoms with van der Waals surface area (Å²) in [7, 11) is 0.0213. The number of halogens is 1. The summed E-state index contributed by atoms with van der Waals surface area (Å²) in [5.41, 5.74) is 1.74. The second kappa shape index (κ2) is 17.1. The molecule has 0 aliphatic carbocycles. The first-order chi connectivity index (χ1) is 23.5. The fourth-order valence-corrected chi connectivity index (χ4v) is 6.76. The van der Waals surface area contributed by atoms with Crippen LogP contribution in [-0.2, 0) is 32.6 Å². The van der Waals surface area contributed by atoms with Gasteiger partial charge in [0.05, 0.1) is 31.9 Å². The van der Waals surface area contributed by atoms with Crippen molar-refractivity contribution in [2.45, 2.75) is 50.2 Å². The van der Waals surface area contributed by atoms with E-state index in [4.69, 9.17) is 25.8 Å². The lowest BCUT2D eigenvalue weighted by Gasteiger charge is -2.34. The molecule has 0 bridgehead atoms. The summed E-state index contributed by atoms with van der Waals surface area (Å²) in [5.74, 6) is 0.177. The molecule has 0 aliphatic heterocycles. The minimum absolute atomic E-state index is 0.00627. The van der Waals surface area contributed by atoms with Crippen molar-refractivity contribution in [1.29, 1.82) is 0 Å². The van der Waals surface area contributed by atoms with Crippen LogP contribution in [0.25, 0.3) is 0 Å². The van der Waals surface area contributed by atoms with Gasteiger partial charge in [-0.3, -0.25) is 13.9 Å². The maximum Gasteiger partial charge on any atom is 0.264 e. The number of carbonyl (C=O) groups is 2. The summed E-state index contributed by atoms with van der Waals surface area (Å²) in [6.45, 7) is 3.24. The Labute approximate surface area is 293 Å². The smallest absolute Gasteiger partial charge is 0.264 e. The van der Waals surface area contributed by atoms with Crippen LogP contribution in [0.4, 0.5) is 5.69 Å². The fraction of sp³-hybridized carbons (Fsp3) is 0.297. The highest BCUT2D eigenvalue weighted by Crippen LogP contribution is 2.33. The van der Waals surface area contributed by atoms with Crippen LogP contribution in [0.3, 0.4) is 0 Å². The molecule has 0 aromatic heterocycles. The SMILES string of the molecule is CC[C@@H](C)NC(=O)[C@@H](Cc1ccccc1)N(Cc1cccc(OC)c1)C(=O)CN(c1ccc(Cl)cc1)S(=O)(=O)c1ccc(OC)c(OC)c1. The standard InChI is InChI=1S/C37H42ClN3O7S/c1-6-26(2)39-37(43)33(22-27-11-8-7-9-12-27)40(24-28-13-10-14-31(21-28)46-3)36(42)25-41(30-17-15-29(38)16-18-30)49(44,45)32-19-20-34(47-4)35(23-32)48-5/h7-21,23,26,33H,6,22,24-25H2,1-5H3,(H,39,43)/t26-,33-/m1/s1. The van der Waals surface area contributed by atoms with Crippen molar-refractivity contribution in [2.75, 3.05) is 32.2 Å². The van der Waals surface area contributed by atoms with Gasteiger partial charge in [-0.05, 0) is 73.0 Å². The van der Waals surface area contributed by atoms with Crippen LogP contribution in [-0.4, -0.2) is 65.1 Å². The third kappa shape index (κ3) is 9.45. The second-order valence-corrected chi connectivity index (χ2v) is 13.7. The zero-order valence-electron chi connectivity index (χ0n) is 28.3. The molecule has 0 aliphatic rings. The molecule has 2 amide bonds. The largest absolute Gasteiger partial charge is 0.497 e. The van der Waals surface area contributed by atoms with Crippen LogP contribution >= 0.6 is 11.6 Å². The van der Waals surface area contributed by atoms with E-state index < -0.39 is 28.5 Å². The number of rotatable bonds is 16. The molecule has 260 valence electrons. The molecule has 2 atom stereocenters. The summed E-state index contributed by atoms with van der Waals surface area (Å²) >= 11 is 6.17. The van der Waals surface area contributed by atoms with E-state index in [-0.39, 0.29) is 41.2 Å².